The number of phenolic OH excluding ortho intramolecular Hbond substituents is 1. The molecule has 2 aliphatic heterocycles. The number of fused-ring (bicyclic) bond motifs is 2. The third-order valence-electron chi connectivity index (χ3n) is 3.32. The molecule has 2 heterocycles. The summed E-state index contributed by atoms with van der Waals surface area (Å²) in [6.07, 6.45) is -0.719. The SMILES string of the molecule is O=C(O)C(O)c1c2c(c(O)c3c1OCC3)OCC2. The Balaban J connectivity index is 2.27. The van der Waals surface area contributed by atoms with E-state index in [0.29, 0.717) is 42.9 Å². The monoisotopic (exact) mass is 252 g/mol. The molecular formula is C12H12O6. The van der Waals surface area contributed by atoms with Gasteiger partial charge in [0, 0.05) is 29.5 Å². The van der Waals surface area contributed by atoms with E-state index >= 15 is 0 Å². The minimum absolute atomic E-state index is 0.0105. The van der Waals surface area contributed by atoms with Crippen LogP contribution in [0.1, 0.15) is 22.8 Å². The number of carboxylic acids is 1. The summed E-state index contributed by atoms with van der Waals surface area (Å²) in [5.41, 5.74) is 1.27. The first-order chi connectivity index (χ1) is 8.61. The summed E-state index contributed by atoms with van der Waals surface area (Å²) in [6, 6.07) is 0. The van der Waals surface area contributed by atoms with E-state index in [0.717, 1.165) is 0 Å². The van der Waals surface area contributed by atoms with Crippen molar-refractivity contribution >= 4 is 5.97 Å². The Morgan fingerprint density at radius 2 is 1.72 bits per heavy atom. The Labute approximate surface area is 102 Å². The fraction of sp³-hybridized carbons (Fsp3) is 0.417. The highest BCUT2D eigenvalue weighted by molar-refractivity contribution is 5.79. The van der Waals surface area contributed by atoms with Crippen molar-refractivity contribution < 1.29 is 29.6 Å². The largest absolute Gasteiger partial charge is 0.504 e. The molecule has 0 amide bonds. The lowest BCUT2D eigenvalue weighted by Gasteiger charge is -2.16. The number of benzene rings is 1. The normalized spacial score (nSPS) is 17.6. The first-order valence-electron chi connectivity index (χ1n) is 5.68. The highest BCUT2D eigenvalue weighted by Gasteiger charge is 2.36. The molecule has 18 heavy (non-hydrogen) atoms. The molecule has 0 spiro atoms. The summed E-state index contributed by atoms with van der Waals surface area (Å²) in [6.45, 7) is 0.732. The maximum Gasteiger partial charge on any atom is 0.337 e. The standard InChI is InChI=1S/C12H12O6/c13-8-6-2-4-17-10(6)7(9(14)12(15)16)5-1-3-18-11(5)8/h9,13-14H,1-4H2,(H,15,16). The Bertz CT molecular complexity index is 501. The van der Waals surface area contributed by atoms with Gasteiger partial charge in [0.2, 0.25) is 0 Å². The number of hydrogen-bond donors (Lipinski definition) is 3. The van der Waals surface area contributed by atoms with Crippen molar-refractivity contribution in [3.8, 4) is 17.2 Å². The van der Waals surface area contributed by atoms with Gasteiger partial charge in [-0.3, -0.25) is 0 Å². The zero-order valence-electron chi connectivity index (χ0n) is 9.47. The van der Waals surface area contributed by atoms with E-state index < -0.39 is 12.1 Å². The molecule has 0 fully saturated rings. The van der Waals surface area contributed by atoms with Gasteiger partial charge in [0.25, 0.3) is 0 Å². The summed E-state index contributed by atoms with van der Waals surface area (Å²) in [5.74, 6) is -0.745. The van der Waals surface area contributed by atoms with E-state index in [2.05, 4.69) is 0 Å². The van der Waals surface area contributed by atoms with Crippen LogP contribution in [0.3, 0.4) is 0 Å². The molecular weight excluding hydrogens is 240 g/mol. The molecule has 0 radical (unpaired) electrons. The van der Waals surface area contributed by atoms with E-state index in [1.165, 1.54) is 0 Å². The van der Waals surface area contributed by atoms with E-state index in [1.54, 1.807) is 0 Å². The second kappa shape index (κ2) is 3.78. The topological polar surface area (TPSA) is 96.2 Å². The number of aliphatic hydroxyl groups is 1. The van der Waals surface area contributed by atoms with Crippen molar-refractivity contribution in [2.24, 2.45) is 0 Å². The fourth-order valence-electron chi connectivity index (χ4n) is 2.53. The van der Waals surface area contributed by atoms with E-state index in [9.17, 15) is 15.0 Å². The molecule has 0 aliphatic carbocycles. The lowest BCUT2D eigenvalue weighted by Crippen LogP contribution is -2.13. The number of aliphatic hydroxyl groups excluding tert-OH is 1. The van der Waals surface area contributed by atoms with Crippen LogP contribution in [0.2, 0.25) is 0 Å². The Morgan fingerprint density at radius 1 is 1.11 bits per heavy atom. The van der Waals surface area contributed by atoms with Crippen LogP contribution in [0.25, 0.3) is 0 Å². The average molecular weight is 252 g/mol. The van der Waals surface area contributed by atoms with Gasteiger partial charge in [0.1, 0.15) is 5.75 Å². The number of ether oxygens (including phenoxy) is 2. The molecule has 1 unspecified atom stereocenters. The van der Waals surface area contributed by atoms with Crippen molar-refractivity contribution in [3.05, 3.63) is 16.7 Å². The molecule has 96 valence electrons. The quantitative estimate of drug-likeness (QED) is 0.704. The molecule has 0 saturated heterocycles. The van der Waals surface area contributed by atoms with Crippen LogP contribution < -0.4 is 9.47 Å². The maximum absolute atomic E-state index is 11.0. The van der Waals surface area contributed by atoms with Crippen LogP contribution in [-0.2, 0) is 17.6 Å². The van der Waals surface area contributed by atoms with Crippen LogP contribution in [-0.4, -0.2) is 34.5 Å². The highest BCUT2D eigenvalue weighted by atomic mass is 16.5. The first-order valence-corrected chi connectivity index (χ1v) is 5.68. The van der Waals surface area contributed by atoms with Gasteiger partial charge in [-0.2, -0.15) is 0 Å². The third-order valence-corrected chi connectivity index (χ3v) is 3.32. The summed E-state index contributed by atoms with van der Waals surface area (Å²) >= 11 is 0. The molecule has 6 heteroatoms. The van der Waals surface area contributed by atoms with Gasteiger partial charge in [-0.1, -0.05) is 0 Å². The maximum atomic E-state index is 11.0. The van der Waals surface area contributed by atoms with Gasteiger partial charge < -0.3 is 24.8 Å². The van der Waals surface area contributed by atoms with Gasteiger partial charge in [-0.05, 0) is 0 Å². The molecule has 1 aromatic rings. The number of phenols is 1. The Kier molecular flexibility index (Phi) is 2.34. The lowest BCUT2D eigenvalue weighted by atomic mass is 9.95. The summed E-state index contributed by atoms with van der Waals surface area (Å²) in [4.78, 5) is 11.0. The molecule has 3 N–H and O–H groups in total. The van der Waals surface area contributed by atoms with Crippen molar-refractivity contribution in [1.82, 2.24) is 0 Å². The molecule has 1 aromatic carbocycles. The number of aromatic hydroxyl groups is 1. The number of rotatable bonds is 2. The van der Waals surface area contributed by atoms with Gasteiger partial charge >= 0.3 is 5.97 Å². The van der Waals surface area contributed by atoms with Gasteiger partial charge in [-0.15, -0.1) is 0 Å². The molecule has 2 aliphatic rings. The molecule has 0 saturated carbocycles. The summed E-state index contributed by atoms with van der Waals surface area (Å²) in [7, 11) is 0. The molecule has 3 rings (SSSR count). The Morgan fingerprint density at radius 3 is 2.39 bits per heavy atom. The van der Waals surface area contributed by atoms with Crippen LogP contribution in [0.5, 0.6) is 17.2 Å². The van der Waals surface area contributed by atoms with Crippen LogP contribution in [0.4, 0.5) is 0 Å². The molecule has 0 aromatic heterocycles. The zero-order chi connectivity index (χ0) is 12.9. The zero-order valence-corrected chi connectivity index (χ0v) is 9.47. The second-order valence-electron chi connectivity index (χ2n) is 4.32. The first kappa shape index (κ1) is 11.2. The van der Waals surface area contributed by atoms with E-state index in [4.69, 9.17) is 14.6 Å². The molecule has 1 atom stereocenters. The predicted octanol–water partition coefficient (Wildman–Crippen LogP) is 0.380. The third kappa shape index (κ3) is 1.35. The Hall–Kier alpha value is -1.95. The smallest absolute Gasteiger partial charge is 0.337 e. The summed E-state index contributed by atoms with van der Waals surface area (Å²) < 4.78 is 10.7. The van der Waals surface area contributed by atoms with Crippen LogP contribution in [0.15, 0.2) is 0 Å². The van der Waals surface area contributed by atoms with E-state index in [1.807, 2.05) is 0 Å². The minimum atomic E-state index is -1.66. The number of carbonyl (C=O) groups is 1. The average Bonchev–Trinajstić information content (AvgIpc) is 2.96. The van der Waals surface area contributed by atoms with Crippen LogP contribution >= 0.6 is 0 Å². The van der Waals surface area contributed by atoms with E-state index in [-0.39, 0.29) is 17.1 Å². The predicted molar refractivity (Wildman–Crippen MR) is 59.1 cm³/mol. The number of carboxylic acid groups (broad SMARTS) is 1. The van der Waals surface area contributed by atoms with Gasteiger partial charge in [-0.25, -0.2) is 4.79 Å². The summed E-state index contributed by atoms with van der Waals surface area (Å²) in [5, 5.41) is 28.8. The van der Waals surface area contributed by atoms with Crippen molar-refractivity contribution in [2.75, 3.05) is 13.2 Å². The number of hydrogen-bond acceptors (Lipinski definition) is 5. The van der Waals surface area contributed by atoms with Gasteiger partial charge in [0.15, 0.2) is 17.6 Å². The van der Waals surface area contributed by atoms with Crippen molar-refractivity contribution in [2.45, 2.75) is 18.9 Å². The van der Waals surface area contributed by atoms with Gasteiger partial charge in [0.05, 0.1) is 13.2 Å². The van der Waals surface area contributed by atoms with Crippen molar-refractivity contribution in [3.63, 3.8) is 0 Å². The molecule has 6 nitrogen and oxygen atoms in total. The minimum Gasteiger partial charge on any atom is -0.504 e. The highest BCUT2D eigenvalue weighted by Crippen LogP contribution is 2.50. The fourth-order valence-corrected chi connectivity index (χ4v) is 2.53. The van der Waals surface area contributed by atoms with Crippen LogP contribution in [0, 0.1) is 0 Å². The number of aliphatic carboxylic acids is 1. The lowest BCUT2D eigenvalue weighted by molar-refractivity contribution is -0.147. The molecule has 0 bridgehead atoms. The second-order valence-corrected chi connectivity index (χ2v) is 4.32. The van der Waals surface area contributed by atoms with Crippen molar-refractivity contribution in [1.29, 1.82) is 0 Å².